The molecule has 2 N–H and O–H groups in total. The van der Waals surface area contributed by atoms with Crippen LogP contribution >= 0.6 is 23.2 Å². The molecule has 1 fully saturated rings. The van der Waals surface area contributed by atoms with Crippen molar-refractivity contribution in [3.05, 3.63) is 39.6 Å². The molecule has 134 valence electrons. The lowest BCUT2D eigenvalue weighted by Gasteiger charge is -2.23. The number of nitrogens with one attached hydrogen (secondary N) is 1. The molecule has 2 aliphatic carbocycles. The number of aliphatic hydroxyl groups excluding tert-OH is 1. The second-order valence-corrected chi connectivity index (χ2v) is 7.44. The minimum Gasteiger partial charge on any atom is -0.511 e. The number of carbonyl (C=O) groups is 1. The van der Waals surface area contributed by atoms with Crippen molar-refractivity contribution in [2.75, 3.05) is 5.32 Å². The van der Waals surface area contributed by atoms with Crippen LogP contribution in [-0.2, 0) is 4.79 Å². The zero-order valence-electron chi connectivity index (χ0n) is 14.0. The highest BCUT2D eigenvalue weighted by molar-refractivity contribution is 6.42. The molecule has 0 spiro atoms. The van der Waals surface area contributed by atoms with Crippen molar-refractivity contribution in [1.82, 2.24) is 0 Å². The maximum atomic E-state index is 12.7. The number of amides is 1. The van der Waals surface area contributed by atoms with Crippen LogP contribution in [0.4, 0.5) is 5.69 Å². The fourth-order valence-electron chi connectivity index (χ4n) is 3.43. The fraction of sp³-hybridized carbons (Fsp3) is 0.474. The first-order valence-corrected chi connectivity index (χ1v) is 9.56. The van der Waals surface area contributed by atoms with Crippen LogP contribution in [0.15, 0.2) is 34.5 Å². The Labute approximate surface area is 157 Å². The van der Waals surface area contributed by atoms with Gasteiger partial charge in [-0.1, -0.05) is 42.5 Å². The number of nitrogens with zero attached hydrogens (tertiary/aromatic N) is 1. The van der Waals surface area contributed by atoms with E-state index in [2.05, 4.69) is 5.32 Å². The van der Waals surface area contributed by atoms with Gasteiger partial charge in [0, 0.05) is 12.1 Å². The van der Waals surface area contributed by atoms with E-state index in [9.17, 15) is 9.90 Å². The Morgan fingerprint density at radius 3 is 2.56 bits per heavy atom. The second-order valence-electron chi connectivity index (χ2n) is 6.63. The maximum Gasteiger partial charge on any atom is 0.260 e. The maximum absolute atomic E-state index is 12.7. The summed E-state index contributed by atoms with van der Waals surface area (Å²) in [7, 11) is 0. The van der Waals surface area contributed by atoms with E-state index in [0.29, 0.717) is 27.7 Å². The van der Waals surface area contributed by atoms with Gasteiger partial charge in [0.2, 0.25) is 0 Å². The lowest BCUT2D eigenvalue weighted by molar-refractivity contribution is -0.112. The summed E-state index contributed by atoms with van der Waals surface area (Å²) in [5.74, 6) is -0.219. The van der Waals surface area contributed by atoms with Crippen LogP contribution in [0.5, 0.6) is 0 Å². The Kier molecular flexibility index (Phi) is 6.02. The van der Waals surface area contributed by atoms with Crippen molar-refractivity contribution < 1.29 is 9.90 Å². The average molecular weight is 381 g/mol. The van der Waals surface area contributed by atoms with Crippen LogP contribution in [-0.4, -0.2) is 22.8 Å². The molecule has 0 unspecified atom stereocenters. The van der Waals surface area contributed by atoms with E-state index < -0.39 is 0 Å². The fourth-order valence-corrected chi connectivity index (χ4v) is 3.73. The molecular weight excluding hydrogens is 359 g/mol. The Hall–Kier alpha value is -1.52. The molecule has 1 aromatic rings. The first kappa shape index (κ1) is 18.3. The highest BCUT2D eigenvalue weighted by Crippen LogP contribution is 2.28. The minimum atomic E-state index is -0.342. The van der Waals surface area contributed by atoms with E-state index in [0.717, 1.165) is 31.4 Å². The largest absolute Gasteiger partial charge is 0.511 e. The molecule has 1 aromatic carbocycles. The van der Waals surface area contributed by atoms with Gasteiger partial charge < -0.3 is 10.4 Å². The molecule has 1 saturated carbocycles. The molecule has 25 heavy (non-hydrogen) atoms. The van der Waals surface area contributed by atoms with Gasteiger partial charge in [-0.25, -0.2) is 0 Å². The molecule has 0 atom stereocenters. The Balaban J connectivity index is 1.81. The number of carbonyl (C=O) groups excluding carboxylic acids is 1. The van der Waals surface area contributed by atoms with Crippen molar-refractivity contribution in [3.8, 4) is 0 Å². The molecule has 3 rings (SSSR count). The smallest absolute Gasteiger partial charge is 0.260 e. The SMILES string of the molecule is O=C(Nc1ccc(Cl)c(Cl)c1)C1=C(O)CCCC1=NC1CCCCC1. The summed E-state index contributed by atoms with van der Waals surface area (Å²) in [4.78, 5) is 17.6. The van der Waals surface area contributed by atoms with Crippen molar-refractivity contribution in [2.45, 2.75) is 57.4 Å². The van der Waals surface area contributed by atoms with Gasteiger partial charge in [0.05, 0.1) is 27.4 Å². The number of aliphatic imine (C=N–C) groups is 1. The third-order valence-electron chi connectivity index (χ3n) is 4.72. The van der Waals surface area contributed by atoms with Gasteiger partial charge in [0.25, 0.3) is 5.91 Å². The zero-order valence-corrected chi connectivity index (χ0v) is 15.5. The molecule has 1 amide bonds. The summed E-state index contributed by atoms with van der Waals surface area (Å²) in [5, 5.41) is 13.9. The van der Waals surface area contributed by atoms with Crippen molar-refractivity contribution in [3.63, 3.8) is 0 Å². The van der Waals surface area contributed by atoms with E-state index in [1.807, 2.05) is 0 Å². The minimum absolute atomic E-state index is 0.123. The summed E-state index contributed by atoms with van der Waals surface area (Å²) < 4.78 is 0. The molecule has 0 aliphatic heterocycles. The number of allylic oxidation sites excluding steroid dienone is 1. The Morgan fingerprint density at radius 2 is 1.84 bits per heavy atom. The van der Waals surface area contributed by atoms with Gasteiger partial charge in [0.15, 0.2) is 0 Å². The van der Waals surface area contributed by atoms with E-state index in [1.165, 1.54) is 19.3 Å². The first-order chi connectivity index (χ1) is 12.0. The molecule has 2 aliphatic rings. The average Bonchev–Trinajstić information content (AvgIpc) is 2.59. The number of benzene rings is 1. The third kappa shape index (κ3) is 4.56. The van der Waals surface area contributed by atoms with Gasteiger partial charge in [0.1, 0.15) is 5.76 Å². The van der Waals surface area contributed by atoms with Crippen LogP contribution in [0.1, 0.15) is 51.4 Å². The normalized spacial score (nSPS) is 20.8. The van der Waals surface area contributed by atoms with Crippen molar-refractivity contribution in [1.29, 1.82) is 0 Å². The summed E-state index contributed by atoms with van der Waals surface area (Å²) in [6.45, 7) is 0. The van der Waals surface area contributed by atoms with Crippen LogP contribution < -0.4 is 5.32 Å². The zero-order chi connectivity index (χ0) is 17.8. The van der Waals surface area contributed by atoms with Crippen LogP contribution in [0.2, 0.25) is 10.0 Å². The number of hydrogen-bond donors (Lipinski definition) is 2. The standard InChI is InChI=1S/C19H22Cl2N2O2/c20-14-10-9-13(11-15(14)21)23-19(25)18-16(7-4-8-17(18)24)22-12-5-2-1-3-6-12/h9-12,24H,1-8H2,(H,23,25). The van der Waals surface area contributed by atoms with Crippen molar-refractivity contribution >= 4 is 40.5 Å². The van der Waals surface area contributed by atoms with Crippen molar-refractivity contribution in [2.24, 2.45) is 4.99 Å². The van der Waals surface area contributed by atoms with E-state index in [1.54, 1.807) is 18.2 Å². The summed E-state index contributed by atoms with van der Waals surface area (Å²) in [5.41, 5.74) is 1.60. The second kappa shape index (κ2) is 8.24. The number of rotatable bonds is 3. The summed E-state index contributed by atoms with van der Waals surface area (Å²) in [6, 6.07) is 5.18. The van der Waals surface area contributed by atoms with Gasteiger partial charge in [-0.05, 0) is 43.9 Å². The molecule has 0 saturated heterocycles. The molecule has 0 aromatic heterocycles. The highest BCUT2D eigenvalue weighted by Gasteiger charge is 2.26. The molecular formula is C19H22Cl2N2O2. The number of halogens is 2. The Morgan fingerprint density at radius 1 is 1.08 bits per heavy atom. The van der Waals surface area contributed by atoms with Gasteiger partial charge in [-0.15, -0.1) is 0 Å². The summed E-state index contributed by atoms with van der Waals surface area (Å²) >= 11 is 11.9. The third-order valence-corrected chi connectivity index (χ3v) is 5.46. The monoisotopic (exact) mass is 380 g/mol. The number of anilines is 1. The molecule has 6 heteroatoms. The first-order valence-electron chi connectivity index (χ1n) is 8.80. The van der Waals surface area contributed by atoms with Crippen LogP contribution in [0.25, 0.3) is 0 Å². The van der Waals surface area contributed by atoms with E-state index in [-0.39, 0.29) is 17.7 Å². The van der Waals surface area contributed by atoms with Crippen LogP contribution in [0.3, 0.4) is 0 Å². The van der Waals surface area contributed by atoms with E-state index >= 15 is 0 Å². The Bertz CT molecular complexity index is 722. The molecule has 0 bridgehead atoms. The molecule has 4 nitrogen and oxygen atoms in total. The molecule has 0 radical (unpaired) electrons. The predicted molar refractivity (Wildman–Crippen MR) is 103 cm³/mol. The quantitative estimate of drug-likeness (QED) is 0.705. The number of aliphatic hydroxyl groups is 1. The topological polar surface area (TPSA) is 61.7 Å². The van der Waals surface area contributed by atoms with Gasteiger partial charge in [-0.2, -0.15) is 0 Å². The molecule has 0 heterocycles. The summed E-state index contributed by atoms with van der Waals surface area (Å²) in [6.07, 6.45) is 7.80. The highest BCUT2D eigenvalue weighted by atomic mass is 35.5. The number of hydrogen-bond acceptors (Lipinski definition) is 3. The van der Waals surface area contributed by atoms with Gasteiger partial charge >= 0.3 is 0 Å². The predicted octanol–water partition coefficient (Wildman–Crippen LogP) is 5.70. The van der Waals surface area contributed by atoms with Crippen LogP contribution in [0, 0.1) is 0 Å². The lowest BCUT2D eigenvalue weighted by Crippen LogP contribution is -2.26. The van der Waals surface area contributed by atoms with E-state index in [4.69, 9.17) is 28.2 Å². The lowest BCUT2D eigenvalue weighted by atomic mass is 9.92. The van der Waals surface area contributed by atoms with Gasteiger partial charge in [-0.3, -0.25) is 9.79 Å².